The number of aliphatic hydroxyl groups excluding tert-OH is 1. The first-order chi connectivity index (χ1) is 8.89. The second kappa shape index (κ2) is 4.92. The highest BCUT2D eigenvalue weighted by molar-refractivity contribution is 7.09. The van der Waals surface area contributed by atoms with Crippen molar-refractivity contribution < 1.29 is 23.4 Å². The van der Waals surface area contributed by atoms with Crippen LogP contribution in [0.4, 0.5) is 13.2 Å². The molecular weight excluding hydrogens is 279 g/mol. The van der Waals surface area contributed by atoms with E-state index in [4.69, 9.17) is 5.11 Å². The van der Waals surface area contributed by atoms with Crippen LogP contribution in [0.3, 0.4) is 0 Å². The fourth-order valence-electron chi connectivity index (χ4n) is 1.63. The summed E-state index contributed by atoms with van der Waals surface area (Å²) in [6.07, 6.45) is -4.90. The molecule has 0 aliphatic carbocycles. The molecule has 0 amide bonds. The van der Waals surface area contributed by atoms with E-state index in [1.54, 1.807) is 6.07 Å². The Bertz CT molecular complexity index is 556. The molecule has 19 heavy (non-hydrogen) atoms. The lowest BCUT2D eigenvalue weighted by molar-refractivity contribution is -0.248. The van der Waals surface area contributed by atoms with Gasteiger partial charge in [-0.25, -0.2) is 4.98 Å². The molecule has 0 fully saturated rings. The molecule has 3 nitrogen and oxygen atoms in total. The third-order valence-corrected chi connectivity index (χ3v) is 3.62. The molecule has 0 aliphatic rings. The summed E-state index contributed by atoms with van der Waals surface area (Å²) >= 11 is 0.662. The minimum Gasteiger partial charge on any atom is -0.390 e. The van der Waals surface area contributed by atoms with E-state index in [-0.39, 0.29) is 11.3 Å². The Morgan fingerprint density at radius 1 is 1.16 bits per heavy atom. The molecule has 0 saturated heterocycles. The van der Waals surface area contributed by atoms with E-state index < -0.39 is 23.4 Å². The number of hydrogen-bond acceptors (Lipinski definition) is 4. The van der Waals surface area contributed by atoms with Crippen LogP contribution < -0.4 is 0 Å². The van der Waals surface area contributed by atoms with Crippen molar-refractivity contribution in [2.45, 2.75) is 18.4 Å². The highest BCUT2D eigenvalue weighted by Gasteiger charge is 2.58. The number of alkyl halides is 3. The summed E-state index contributed by atoms with van der Waals surface area (Å²) < 4.78 is 39.7. The number of halogens is 3. The van der Waals surface area contributed by atoms with Gasteiger partial charge in [0.05, 0.1) is 12.3 Å². The number of hydrogen-bond donors (Lipinski definition) is 2. The molecule has 1 unspecified atom stereocenters. The van der Waals surface area contributed by atoms with Gasteiger partial charge in [-0.05, 0) is 5.56 Å². The Morgan fingerprint density at radius 3 is 2.26 bits per heavy atom. The van der Waals surface area contributed by atoms with Gasteiger partial charge in [-0.1, -0.05) is 30.3 Å². The van der Waals surface area contributed by atoms with E-state index in [0.29, 0.717) is 11.3 Å². The van der Waals surface area contributed by atoms with Crippen molar-refractivity contribution >= 4 is 11.3 Å². The molecule has 2 rings (SSSR count). The van der Waals surface area contributed by atoms with Gasteiger partial charge in [-0.2, -0.15) is 13.2 Å². The first kappa shape index (κ1) is 14.0. The van der Waals surface area contributed by atoms with Crippen molar-refractivity contribution in [3.8, 4) is 0 Å². The summed E-state index contributed by atoms with van der Waals surface area (Å²) in [7, 11) is 0. The van der Waals surface area contributed by atoms with E-state index in [1.165, 1.54) is 29.6 Å². The number of aliphatic hydroxyl groups is 2. The van der Waals surface area contributed by atoms with Crippen molar-refractivity contribution in [2.24, 2.45) is 0 Å². The maximum absolute atomic E-state index is 13.2. The molecule has 2 aromatic rings. The predicted molar refractivity (Wildman–Crippen MR) is 63.5 cm³/mol. The summed E-state index contributed by atoms with van der Waals surface area (Å²) in [4.78, 5) is 3.64. The SMILES string of the molecule is OCc1csc(C(O)(c2ccccc2)C(F)(F)F)n1. The Morgan fingerprint density at radius 2 is 1.79 bits per heavy atom. The van der Waals surface area contributed by atoms with Crippen molar-refractivity contribution in [1.82, 2.24) is 4.98 Å². The maximum Gasteiger partial charge on any atom is 0.428 e. The van der Waals surface area contributed by atoms with Crippen LogP contribution in [0.5, 0.6) is 0 Å². The lowest BCUT2D eigenvalue weighted by Crippen LogP contribution is -2.43. The van der Waals surface area contributed by atoms with Gasteiger partial charge in [-0.3, -0.25) is 0 Å². The quantitative estimate of drug-likeness (QED) is 0.912. The van der Waals surface area contributed by atoms with Gasteiger partial charge >= 0.3 is 6.18 Å². The molecule has 0 spiro atoms. The molecule has 2 N–H and O–H groups in total. The molecule has 1 heterocycles. The van der Waals surface area contributed by atoms with E-state index >= 15 is 0 Å². The number of thiazole rings is 1. The summed E-state index contributed by atoms with van der Waals surface area (Å²) in [5.41, 5.74) is -3.37. The van der Waals surface area contributed by atoms with Crippen LogP contribution in [-0.4, -0.2) is 21.4 Å². The number of benzene rings is 1. The minimum absolute atomic E-state index is 0.0959. The highest BCUT2D eigenvalue weighted by atomic mass is 32.1. The molecule has 0 saturated carbocycles. The first-order valence-corrected chi connectivity index (χ1v) is 6.18. The van der Waals surface area contributed by atoms with Crippen molar-refractivity contribution in [3.05, 3.63) is 52.0 Å². The Kier molecular flexibility index (Phi) is 3.62. The molecule has 7 heteroatoms. The second-order valence-corrected chi connectivity index (χ2v) is 4.73. The fourth-order valence-corrected chi connectivity index (χ4v) is 2.58. The van der Waals surface area contributed by atoms with Crippen molar-refractivity contribution in [3.63, 3.8) is 0 Å². The smallest absolute Gasteiger partial charge is 0.390 e. The van der Waals surface area contributed by atoms with Gasteiger partial charge in [0.1, 0.15) is 5.01 Å². The molecule has 0 aliphatic heterocycles. The maximum atomic E-state index is 13.2. The zero-order valence-corrected chi connectivity index (χ0v) is 10.4. The van der Waals surface area contributed by atoms with E-state index in [0.717, 1.165) is 0 Å². The first-order valence-electron chi connectivity index (χ1n) is 5.30. The number of nitrogens with zero attached hydrogens (tertiary/aromatic N) is 1. The second-order valence-electron chi connectivity index (χ2n) is 3.88. The lowest BCUT2D eigenvalue weighted by Gasteiger charge is -2.28. The largest absolute Gasteiger partial charge is 0.428 e. The third kappa shape index (κ3) is 2.36. The lowest BCUT2D eigenvalue weighted by atomic mass is 9.94. The summed E-state index contributed by atoms with van der Waals surface area (Å²) in [6.45, 7) is -0.473. The van der Waals surface area contributed by atoms with Gasteiger partial charge in [0, 0.05) is 5.38 Å². The summed E-state index contributed by atoms with van der Waals surface area (Å²) in [5, 5.41) is 19.8. The Balaban J connectivity index is 2.59. The van der Waals surface area contributed by atoms with Gasteiger partial charge in [0.25, 0.3) is 0 Å². The van der Waals surface area contributed by atoms with Gasteiger partial charge in [-0.15, -0.1) is 11.3 Å². The summed E-state index contributed by atoms with van der Waals surface area (Å²) in [5.74, 6) is 0. The topological polar surface area (TPSA) is 53.4 Å². The van der Waals surface area contributed by atoms with Crippen molar-refractivity contribution in [2.75, 3.05) is 0 Å². The van der Waals surface area contributed by atoms with Crippen LogP contribution in [0.25, 0.3) is 0 Å². The Hall–Kier alpha value is -1.44. The average Bonchev–Trinajstić information content (AvgIpc) is 2.86. The van der Waals surface area contributed by atoms with E-state index in [9.17, 15) is 18.3 Å². The minimum atomic E-state index is -4.90. The monoisotopic (exact) mass is 289 g/mol. The molecule has 1 atom stereocenters. The van der Waals surface area contributed by atoms with Crippen LogP contribution in [0, 0.1) is 0 Å². The van der Waals surface area contributed by atoms with Gasteiger partial charge < -0.3 is 10.2 Å². The molecule has 0 bridgehead atoms. The predicted octanol–water partition coefficient (Wildman–Crippen LogP) is 2.43. The normalized spacial score (nSPS) is 15.2. The van der Waals surface area contributed by atoms with Gasteiger partial charge in [0.2, 0.25) is 5.60 Å². The standard InChI is InChI=1S/C12H10F3NO2S/c13-12(14,15)11(18,8-4-2-1-3-5-8)10-16-9(6-17)7-19-10/h1-5,7,17-18H,6H2. The zero-order chi connectivity index (χ0) is 14.1. The van der Waals surface area contributed by atoms with Gasteiger partial charge in [0.15, 0.2) is 0 Å². The average molecular weight is 289 g/mol. The fraction of sp³-hybridized carbons (Fsp3) is 0.250. The highest BCUT2D eigenvalue weighted by Crippen LogP contribution is 2.45. The Labute approximate surface area is 111 Å². The van der Waals surface area contributed by atoms with E-state index in [1.807, 2.05) is 0 Å². The molecule has 0 radical (unpaired) electrons. The van der Waals surface area contributed by atoms with Crippen LogP contribution >= 0.6 is 11.3 Å². The van der Waals surface area contributed by atoms with Crippen LogP contribution in [0.1, 0.15) is 16.3 Å². The number of aromatic nitrogens is 1. The van der Waals surface area contributed by atoms with Crippen LogP contribution in [0.2, 0.25) is 0 Å². The number of rotatable bonds is 3. The summed E-state index contributed by atoms with van der Waals surface area (Å²) in [6, 6.07) is 6.75. The molecule has 1 aromatic carbocycles. The zero-order valence-electron chi connectivity index (χ0n) is 9.55. The van der Waals surface area contributed by atoms with Crippen LogP contribution in [-0.2, 0) is 12.2 Å². The van der Waals surface area contributed by atoms with Crippen LogP contribution in [0.15, 0.2) is 35.7 Å². The molecule has 1 aromatic heterocycles. The van der Waals surface area contributed by atoms with E-state index in [2.05, 4.69) is 4.98 Å². The third-order valence-electron chi connectivity index (χ3n) is 2.63. The van der Waals surface area contributed by atoms with Crippen molar-refractivity contribution in [1.29, 1.82) is 0 Å². The molecular formula is C12H10F3NO2S. The molecule has 102 valence electrons.